The largest absolute Gasteiger partial charge is 0.338 e. The van der Waals surface area contributed by atoms with Crippen molar-refractivity contribution in [2.45, 2.75) is 39.8 Å². The van der Waals surface area contributed by atoms with Gasteiger partial charge in [-0.1, -0.05) is 36.3 Å². The third-order valence-corrected chi connectivity index (χ3v) is 3.56. The van der Waals surface area contributed by atoms with Crippen molar-refractivity contribution in [3.05, 3.63) is 47.7 Å². The standard InChI is InChI=1S/C17H20FN5O2/c1-10(2)7-14-20-15(24-22-14)9-19-11(3)17-21-16(23-25-17)12-5-4-6-13(18)8-12/h4-6,8,10-11,19H,7,9H2,1-3H3. The molecule has 8 heteroatoms. The van der Waals surface area contributed by atoms with Crippen molar-refractivity contribution in [1.29, 1.82) is 0 Å². The van der Waals surface area contributed by atoms with E-state index in [1.807, 2.05) is 6.92 Å². The van der Waals surface area contributed by atoms with E-state index in [9.17, 15) is 4.39 Å². The minimum atomic E-state index is -0.344. The van der Waals surface area contributed by atoms with Gasteiger partial charge in [-0.25, -0.2) is 4.39 Å². The molecule has 0 spiro atoms. The van der Waals surface area contributed by atoms with Gasteiger partial charge in [0.25, 0.3) is 0 Å². The Morgan fingerprint density at radius 2 is 1.96 bits per heavy atom. The van der Waals surface area contributed by atoms with Crippen LogP contribution in [-0.2, 0) is 13.0 Å². The van der Waals surface area contributed by atoms with E-state index in [0.717, 1.165) is 6.42 Å². The zero-order chi connectivity index (χ0) is 17.8. The number of hydrogen-bond donors (Lipinski definition) is 1. The Morgan fingerprint density at radius 3 is 2.72 bits per heavy atom. The van der Waals surface area contributed by atoms with Crippen LogP contribution in [0.15, 0.2) is 33.3 Å². The van der Waals surface area contributed by atoms with Crippen LogP contribution >= 0.6 is 0 Å². The summed E-state index contributed by atoms with van der Waals surface area (Å²) in [5, 5.41) is 11.0. The van der Waals surface area contributed by atoms with Crippen LogP contribution in [-0.4, -0.2) is 20.3 Å². The molecule has 0 aliphatic heterocycles. The normalized spacial score (nSPS) is 12.7. The van der Waals surface area contributed by atoms with E-state index in [-0.39, 0.29) is 11.9 Å². The lowest BCUT2D eigenvalue weighted by atomic mass is 10.1. The van der Waals surface area contributed by atoms with Gasteiger partial charge in [0.1, 0.15) is 5.82 Å². The Bertz CT molecular complexity index is 830. The summed E-state index contributed by atoms with van der Waals surface area (Å²) in [4.78, 5) is 8.63. The van der Waals surface area contributed by atoms with Crippen molar-refractivity contribution < 1.29 is 13.4 Å². The minimum Gasteiger partial charge on any atom is -0.338 e. The third-order valence-electron chi connectivity index (χ3n) is 3.56. The fourth-order valence-electron chi connectivity index (χ4n) is 2.29. The quantitative estimate of drug-likeness (QED) is 0.702. The van der Waals surface area contributed by atoms with Gasteiger partial charge in [0.05, 0.1) is 12.6 Å². The van der Waals surface area contributed by atoms with Crippen LogP contribution < -0.4 is 5.32 Å². The second-order valence-electron chi connectivity index (χ2n) is 6.27. The first-order valence-corrected chi connectivity index (χ1v) is 8.15. The molecule has 2 heterocycles. The number of benzene rings is 1. The summed E-state index contributed by atoms with van der Waals surface area (Å²) in [6.07, 6.45) is 0.777. The van der Waals surface area contributed by atoms with Gasteiger partial charge >= 0.3 is 0 Å². The van der Waals surface area contributed by atoms with Crippen molar-refractivity contribution in [3.63, 3.8) is 0 Å². The molecule has 0 aliphatic carbocycles. The van der Waals surface area contributed by atoms with Crippen molar-refractivity contribution in [1.82, 2.24) is 25.6 Å². The molecule has 0 saturated heterocycles. The smallest absolute Gasteiger partial charge is 0.243 e. The van der Waals surface area contributed by atoms with Crippen LogP contribution in [0.4, 0.5) is 4.39 Å². The number of nitrogens with one attached hydrogen (secondary N) is 1. The van der Waals surface area contributed by atoms with Gasteiger partial charge in [-0.05, 0) is 25.0 Å². The van der Waals surface area contributed by atoms with Gasteiger partial charge < -0.3 is 9.05 Å². The monoisotopic (exact) mass is 345 g/mol. The van der Waals surface area contributed by atoms with Crippen LogP contribution in [0.25, 0.3) is 11.4 Å². The van der Waals surface area contributed by atoms with Crippen LogP contribution in [0.2, 0.25) is 0 Å². The highest BCUT2D eigenvalue weighted by Gasteiger charge is 2.16. The lowest BCUT2D eigenvalue weighted by Crippen LogP contribution is -2.18. The summed E-state index contributed by atoms with van der Waals surface area (Å²) in [5.74, 6) is 2.08. The molecule has 3 rings (SSSR count). The molecule has 132 valence electrons. The molecule has 0 saturated carbocycles. The Morgan fingerprint density at radius 1 is 1.12 bits per heavy atom. The predicted molar refractivity (Wildman–Crippen MR) is 87.8 cm³/mol. The molecule has 0 radical (unpaired) electrons. The van der Waals surface area contributed by atoms with Gasteiger partial charge in [-0.2, -0.15) is 9.97 Å². The third kappa shape index (κ3) is 4.48. The Kier molecular flexibility index (Phi) is 5.18. The number of nitrogens with zero attached hydrogens (tertiary/aromatic N) is 4. The highest BCUT2D eigenvalue weighted by molar-refractivity contribution is 5.53. The first kappa shape index (κ1) is 17.2. The maximum absolute atomic E-state index is 13.3. The lowest BCUT2D eigenvalue weighted by Gasteiger charge is -2.06. The SMILES string of the molecule is CC(C)Cc1noc(CNC(C)c2nc(-c3cccc(F)c3)no2)n1. The number of halogens is 1. The van der Waals surface area contributed by atoms with Crippen molar-refractivity contribution in [3.8, 4) is 11.4 Å². The topological polar surface area (TPSA) is 89.9 Å². The summed E-state index contributed by atoms with van der Waals surface area (Å²) < 4.78 is 23.7. The van der Waals surface area contributed by atoms with Crippen LogP contribution in [0.5, 0.6) is 0 Å². The summed E-state index contributed by atoms with van der Waals surface area (Å²) in [6, 6.07) is 5.85. The number of hydrogen-bond acceptors (Lipinski definition) is 7. The molecule has 0 amide bonds. The minimum absolute atomic E-state index is 0.213. The zero-order valence-electron chi connectivity index (χ0n) is 14.4. The fraction of sp³-hybridized carbons (Fsp3) is 0.412. The summed E-state index contributed by atoms with van der Waals surface area (Å²) in [6.45, 7) is 6.47. The first-order valence-electron chi connectivity index (χ1n) is 8.15. The summed E-state index contributed by atoms with van der Waals surface area (Å²) >= 11 is 0. The zero-order valence-corrected chi connectivity index (χ0v) is 14.4. The molecule has 1 atom stereocenters. The van der Waals surface area contributed by atoms with E-state index in [4.69, 9.17) is 9.05 Å². The first-order chi connectivity index (χ1) is 12.0. The molecule has 1 aromatic carbocycles. The van der Waals surface area contributed by atoms with E-state index in [1.165, 1.54) is 12.1 Å². The summed E-state index contributed by atoms with van der Waals surface area (Å²) in [7, 11) is 0. The van der Waals surface area contributed by atoms with Crippen LogP contribution in [0, 0.1) is 11.7 Å². The van der Waals surface area contributed by atoms with Crippen molar-refractivity contribution >= 4 is 0 Å². The molecule has 0 fully saturated rings. The maximum Gasteiger partial charge on any atom is 0.243 e. The molecule has 2 aromatic heterocycles. The van der Waals surface area contributed by atoms with E-state index in [0.29, 0.717) is 41.5 Å². The van der Waals surface area contributed by atoms with Gasteiger partial charge in [-0.3, -0.25) is 5.32 Å². The predicted octanol–water partition coefficient (Wildman–Crippen LogP) is 3.31. The van der Waals surface area contributed by atoms with Gasteiger partial charge in [0, 0.05) is 12.0 Å². The molecule has 3 aromatic rings. The molecule has 0 aliphatic rings. The number of rotatable bonds is 7. The van der Waals surface area contributed by atoms with Crippen molar-refractivity contribution in [2.75, 3.05) is 0 Å². The summed E-state index contributed by atoms with van der Waals surface area (Å²) in [5.41, 5.74) is 0.567. The molecule has 1 unspecified atom stereocenters. The molecule has 25 heavy (non-hydrogen) atoms. The van der Waals surface area contributed by atoms with E-state index in [2.05, 4.69) is 39.4 Å². The van der Waals surface area contributed by atoms with Crippen molar-refractivity contribution in [2.24, 2.45) is 5.92 Å². The molecular weight excluding hydrogens is 325 g/mol. The van der Waals surface area contributed by atoms with Gasteiger partial charge in [0.2, 0.25) is 17.6 Å². The van der Waals surface area contributed by atoms with E-state index >= 15 is 0 Å². The molecule has 7 nitrogen and oxygen atoms in total. The average Bonchev–Trinajstić information content (AvgIpc) is 3.21. The second kappa shape index (κ2) is 7.52. The van der Waals surface area contributed by atoms with E-state index in [1.54, 1.807) is 12.1 Å². The lowest BCUT2D eigenvalue weighted by molar-refractivity contribution is 0.319. The van der Waals surface area contributed by atoms with Gasteiger partial charge in [-0.15, -0.1) is 0 Å². The van der Waals surface area contributed by atoms with Crippen LogP contribution in [0.1, 0.15) is 44.4 Å². The molecule has 0 bridgehead atoms. The average molecular weight is 345 g/mol. The Hall–Kier alpha value is -2.61. The molecule has 1 N–H and O–H groups in total. The highest BCUT2D eigenvalue weighted by atomic mass is 19.1. The Labute approximate surface area is 144 Å². The fourth-order valence-corrected chi connectivity index (χ4v) is 2.29. The van der Waals surface area contributed by atoms with Crippen LogP contribution in [0.3, 0.4) is 0 Å². The van der Waals surface area contributed by atoms with Gasteiger partial charge in [0.15, 0.2) is 5.82 Å². The maximum atomic E-state index is 13.3. The Balaban J connectivity index is 1.60. The second-order valence-corrected chi connectivity index (χ2v) is 6.27. The number of aromatic nitrogens is 4. The molecular formula is C17H20FN5O2. The highest BCUT2D eigenvalue weighted by Crippen LogP contribution is 2.19. The van der Waals surface area contributed by atoms with E-state index < -0.39 is 0 Å².